The van der Waals surface area contributed by atoms with Crippen LogP contribution in [0, 0.1) is 0 Å². The molecule has 0 unspecified atom stereocenters. The molecule has 0 aliphatic carbocycles. The summed E-state index contributed by atoms with van der Waals surface area (Å²) in [6, 6.07) is 0. The fraction of sp³-hybridized carbons (Fsp3) is 0.154. The quantitative estimate of drug-likeness (QED) is 0.230. The molecule has 0 saturated heterocycles. The first-order chi connectivity index (χ1) is 20.0. The minimum absolute atomic E-state index is 0. The van der Waals surface area contributed by atoms with Crippen molar-refractivity contribution in [1.29, 1.82) is 0 Å². The fourth-order valence-electron chi connectivity index (χ4n) is 3.18. The Labute approximate surface area is 268 Å². The number of hydrogen-bond acceptors (Lipinski definition) is 8. The Morgan fingerprint density at radius 3 is 1.02 bits per heavy atom. The molecular weight excluding hydrogens is 690 g/mol. The molecule has 0 amide bonds. The zero-order chi connectivity index (χ0) is 31.7. The number of carbonyl (C=O) groups excluding carboxylic acids is 2. The third-order valence-electron chi connectivity index (χ3n) is 4.95. The van der Waals surface area contributed by atoms with Crippen LogP contribution in [0.5, 0.6) is 0 Å². The van der Waals surface area contributed by atoms with Crippen molar-refractivity contribution in [1.82, 2.24) is 0 Å². The third kappa shape index (κ3) is 13.2. The average Bonchev–Trinajstić information content (AvgIpc) is 2.98. The van der Waals surface area contributed by atoms with Crippen LogP contribution < -0.4 is 10.2 Å². The summed E-state index contributed by atoms with van der Waals surface area (Å²) in [5.41, 5.74) is 1.79. The monoisotopic (exact) mass is 708 g/mol. The number of carboxylic acids is 4. The molecule has 17 heteroatoms. The Morgan fingerprint density at radius 2 is 0.814 bits per heavy atom. The van der Waals surface area contributed by atoms with Gasteiger partial charge in [0.15, 0.2) is 0 Å². The van der Waals surface area contributed by atoms with Crippen molar-refractivity contribution in [2.24, 2.45) is 0 Å². The summed E-state index contributed by atoms with van der Waals surface area (Å²) in [6.07, 6.45) is 11.2. The molecule has 14 nitrogen and oxygen atoms in total. The van der Waals surface area contributed by atoms with Gasteiger partial charge in [0.05, 0.1) is 23.1 Å². The minimum Gasteiger partial charge on any atom is -0.753 e. The first-order valence-electron chi connectivity index (χ1n) is 11.3. The molecule has 0 spiro atoms. The molecule has 0 saturated carbocycles. The van der Waals surface area contributed by atoms with Crippen LogP contribution in [0.4, 0.5) is 0 Å². The molecule has 0 aromatic heterocycles. The summed E-state index contributed by atoms with van der Waals surface area (Å²) in [4.78, 5) is 43.1. The topological polar surface area (TPSA) is 256 Å². The van der Waals surface area contributed by atoms with Gasteiger partial charge in [-0.25, -0.2) is 9.59 Å². The van der Waals surface area contributed by atoms with E-state index in [1.807, 2.05) is 0 Å². The van der Waals surface area contributed by atoms with E-state index in [1.54, 1.807) is 0 Å². The number of nitrogens with zero attached hydrogens (tertiary/aromatic N) is 6. The number of hydrogen-bond donors (Lipinski definition) is 2. The van der Waals surface area contributed by atoms with E-state index >= 15 is 0 Å². The average molecular weight is 708 g/mol. The minimum atomic E-state index is -1.28. The number of aliphatic carboxylic acids is 4. The van der Waals surface area contributed by atoms with E-state index in [-0.39, 0.29) is 67.9 Å². The maximum absolute atomic E-state index is 10.8. The molecule has 0 aromatic rings. The Hall–Kier alpha value is -4.78. The molecule has 0 fully saturated rings. The molecule has 4 aliphatic heterocycles. The van der Waals surface area contributed by atoms with Crippen molar-refractivity contribution in [3.8, 4) is 0 Å². The van der Waals surface area contributed by atoms with Crippen molar-refractivity contribution in [3.05, 3.63) is 126 Å². The molecule has 2 N–H and O–H groups in total. The van der Waals surface area contributed by atoms with Gasteiger partial charge < -0.3 is 62.1 Å². The molecule has 222 valence electrons. The van der Waals surface area contributed by atoms with Crippen LogP contribution in [0.2, 0.25) is 0 Å². The van der Waals surface area contributed by atoms with Crippen molar-refractivity contribution in [2.45, 2.75) is 0 Å². The Kier molecular flexibility index (Phi) is 17.9. The third-order valence-corrected chi connectivity index (χ3v) is 4.95. The van der Waals surface area contributed by atoms with Gasteiger partial charge >= 0.3 is 31.4 Å². The van der Waals surface area contributed by atoms with E-state index in [0.717, 1.165) is 0 Å². The number of isothiocyanates is 2. The Bertz CT molecular complexity index is 1240. The van der Waals surface area contributed by atoms with E-state index in [9.17, 15) is 29.4 Å². The van der Waals surface area contributed by atoms with Gasteiger partial charge in [0.25, 0.3) is 0 Å². The van der Waals surface area contributed by atoms with Gasteiger partial charge in [-0.15, -0.1) is 26.2 Å². The first-order valence-corrected chi connectivity index (χ1v) is 12.1. The standard InChI is InChI=1S/2C12H10N2O4.2CNS.Ru/c2*15-11(16)7-1-3-13-9(5-7)10-6-8(12(17)18)2-4-14-10;2*2-1-3;/h2*1-2,5-6H,3-4H2,(H,15,16)(H,17,18);;;/q2*-2;2*-1;+6/p-2. The summed E-state index contributed by atoms with van der Waals surface area (Å²) in [5.74, 6) is -4.66. The zero-order valence-corrected chi connectivity index (χ0v) is 25.0. The van der Waals surface area contributed by atoms with E-state index in [2.05, 4.69) is 45.7 Å². The van der Waals surface area contributed by atoms with Crippen LogP contribution in [-0.2, 0) is 38.7 Å². The molecule has 0 aromatic carbocycles. The summed E-state index contributed by atoms with van der Waals surface area (Å²) in [7, 11) is 0. The molecule has 4 heterocycles. The van der Waals surface area contributed by atoms with E-state index in [0.29, 0.717) is 22.8 Å². The van der Waals surface area contributed by atoms with Crippen LogP contribution in [0.1, 0.15) is 0 Å². The molecular formula is C26H18N6O8RuS2-2. The predicted octanol–water partition coefficient (Wildman–Crippen LogP) is 1.75. The van der Waals surface area contributed by atoms with E-state index in [1.165, 1.54) is 58.9 Å². The van der Waals surface area contributed by atoms with Crippen molar-refractivity contribution < 1.29 is 59.1 Å². The summed E-state index contributed by atoms with van der Waals surface area (Å²) >= 11 is 7.40. The van der Waals surface area contributed by atoms with E-state index in [4.69, 9.17) is 21.0 Å². The van der Waals surface area contributed by atoms with Gasteiger partial charge in [-0.1, -0.05) is 73.0 Å². The summed E-state index contributed by atoms with van der Waals surface area (Å²) in [5, 5.41) is 72.5. The normalized spacial score (nSPS) is 15.8. The molecule has 4 rings (SSSR count). The molecule has 0 radical (unpaired) electrons. The van der Waals surface area contributed by atoms with Crippen LogP contribution >= 0.6 is 24.4 Å². The number of carbonyl (C=O) groups is 4. The van der Waals surface area contributed by atoms with Crippen LogP contribution in [0.25, 0.3) is 32.1 Å². The molecule has 4 aliphatic rings. The summed E-state index contributed by atoms with van der Waals surface area (Å²) < 4.78 is 0. The maximum Gasteiger partial charge on any atom is 6.00 e. The van der Waals surface area contributed by atoms with Crippen LogP contribution in [0.15, 0.2) is 93.7 Å². The van der Waals surface area contributed by atoms with Gasteiger partial charge in [0.2, 0.25) is 0 Å². The Morgan fingerprint density at radius 1 is 0.605 bits per heavy atom. The van der Waals surface area contributed by atoms with Crippen molar-refractivity contribution >= 4 is 58.6 Å². The Balaban J connectivity index is 0.000000680. The zero-order valence-electron chi connectivity index (χ0n) is 21.6. The second-order valence-corrected chi connectivity index (χ2v) is 7.85. The first kappa shape index (κ1) is 38.2. The van der Waals surface area contributed by atoms with E-state index < -0.39 is 23.9 Å². The predicted molar refractivity (Wildman–Crippen MR) is 155 cm³/mol. The van der Waals surface area contributed by atoms with Crippen molar-refractivity contribution in [2.75, 3.05) is 26.2 Å². The van der Waals surface area contributed by atoms with Crippen LogP contribution in [-0.4, -0.2) is 70.6 Å². The molecule has 0 bridgehead atoms. The van der Waals surface area contributed by atoms with Gasteiger partial charge in [0.1, 0.15) is 0 Å². The van der Waals surface area contributed by atoms with Gasteiger partial charge in [-0.3, -0.25) is 0 Å². The fourth-order valence-corrected chi connectivity index (χ4v) is 3.18. The van der Waals surface area contributed by atoms with Crippen LogP contribution in [0.3, 0.4) is 0 Å². The molecule has 0 atom stereocenters. The second kappa shape index (κ2) is 20.2. The second-order valence-electron chi connectivity index (χ2n) is 7.49. The number of carboxylic acid groups (broad SMARTS) is 4. The maximum atomic E-state index is 10.8. The SMILES string of the molecule is O=C([O-])C1=CC[N-]C(C2=CC(C(=O)O)=CC[N-]2)=C1.O=C([O-])C1=CC[N-]C(C2=CC(C(=O)O)=CC[N-]2)=C1.[N-]=C=S.[N-]=C=S.[Ru+6]. The van der Waals surface area contributed by atoms with Gasteiger partial charge in [-0.05, 0) is 11.1 Å². The largest absolute Gasteiger partial charge is 6.00 e. The van der Waals surface area contributed by atoms with Gasteiger partial charge in [0, 0.05) is 0 Å². The summed E-state index contributed by atoms with van der Waals surface area (Å²) in [6.45, 7) is 0.914. The van der Waals surface area contributed by atoms with Crippen molar-refractivity contribution in [3.63, 3.8) is 0 Å². The number of rotatable bonds is 6. The molecule has 43 heavy (non-hydrogen) atoms. The number of thiocarbonyl (C=S) groups is 2. The van der Waals surface area contributed by atoms with Gasteiger partial charge in [-0.2, -0.15) is 33.1 Å². The smallest absolute Gasteiger partial charge is 0.753 e.